The highest BCUT2D eigenvalue weighted by atomic mass is 16.4. The lowest BCUT2D eigenvalue weighted by Crippen LogP contribution is -2.47. The highest BCUT2D eigenvalue weighted by Gasteiger charge is 2.36. The number of fused-ring (bicyclic) bond motifs is 1. The van der Waals surface area contributed by atoms with E-state index >= 15 is 0 Å². The summed E-state index contributed by atoms with van der Waals surface area (Å²) in [7, 11) is 0. The molecule has 1 unspecified atom stereocenters. The van der Waals surface area contributed by atoms with Crippen molar-refractivity contribution in [1.29, 1.82) is 0 Å². The van der Waals surface area contributed by atoms with Gasteiger partial charge in [0, 0.05) is 5.39 Å². The molecule has 19 heavy (non-hydrogen) atoms. The maximum atomic E-state index is 10.3. The van der Waals surface area contributed by atoms with Crippen molar-refractivity contribution in [3.63, 3.8) is 0 Å². The predicted octanol–water partition coefficient (Wildman–Crippen LogP) is 3.20. The summed E-state index contributed by atoms with van der Waals surface area (Å²) in [6.07, 6.45) is 2.98. The first-order valence-corrected chi connectivity index (χ1v) is 6.62. The molecule has 0 spiro atoms. The molecule has 0 amide bonds. The summed E-state index contributed by atoms with van der Waals surface area (Å²) in [5.41, 5.74) is 0.930. The molecule has 1 aromatic heterocycles. The second-order valence-corrected chi connectivity index (χ2v) is 6.08. The number of benzene rings is 1. The van der Waals surface area contributed by atoms with Crippen molar-refractivity contribution in [1.82, 2.24) is 0 Å². The molecule has 0 aliphatic heterocycles. The van der Waals surface area contributed by atoms with Crippen LogP contribution in [-0.2, 0) is 6.42 Å². The minimum atomic E-state index is -1.11. The summed E-state index contributed by atoms with van der Waals surface area (Å²) in [5, 5.41) is 21.3. The minimum Gasteiger partial charge on any atom is -0.464 e. The zero-order valence-corrected chi connectivity index (χ0v) is 12.0. The maximum absolute atomic E-state index is 10.3. The van der Waals surface area contributed by atoms with Gasteiger partial charge in [0.15, 0.2) is 0 Å². The Labute approximate surface area is 113 Å². The third kappa shape index (κ3) is 2.82. The molecule has 0 aliphatic rings. The van der Waals surface area contributed by atoms with E-state index < -0.39 is 11.2 Å². The van der Waals surface area contributed by atoms with Crippen molar-refractivity contribution < 1.29 is 14.6 Å². The quantitative estimate of drug-likeness (QED) is 0.889. The van der Waals surface area contributed by atoms with Gasteiger partial charge in [0.05, 0.1) is 17.5 Å². The van der Waals surface area contributed by atoms with Crippen molar-refractivity contribution in [2.75, 3.05) is 0 Å². The molecular formula is C16H22O3. The zero-order valence-electron chi connectivity index (χ0n) is 12.0. The third-order valence-corrected chi connectivity index (χ3v) is 4.05. The lowest BCUT2D eigenvalue weighted by Gasteiger charge is -2.35. The summed E-state index contributed by atoms with van der Waals surface area (Å²) in [5.74, 6) is 0. The van der Waals surface area contributed by atoms with Gasteiger partial charge in [-0.1, -0.05) is 6.07 Å². The number of furan rings is 1. The average Bonchev–Trinajstić information content (AvgIpc) is 2.67. The first kappa shape index (κ1) is 14.1. The Morgan fingerprint density at radius 1 is 1.16 bits per heavy atom. The molecule has 0 fully saturated rings. The Hall–Kier alpha value is -1.32. The van der Waals surface area contributed by atoms with Crippen molar-refractivity contribution in [3.8, 4) is 0 Å². The van der Waals surface area contributed by atoms with E-state index in [1.165, 1.54) is 0 Å². The van der Waals surface area contributed by atoms with Crippen molar-refractivity contribution in [2.24, 2.45) is 0 Å². The van der Waals surface area contributed by atoms with Crippen LogP contribution < -0.4 is 0 Å². The molecule has 0 saturated carbocycles. The number of aryl methyl sites for hydroxylation is 2. The van der Waals surface area contributed by atoms with Gasteiger partial charge in [-0.2, -0.15) is 0 Å². The minimum absolute atomic E-state index is 0.513. The van der Waals surface area contributed by atoms with Gasteiger partial charge in [-0.3, -0.25) is 0 Å². The van der Waals surface area contributed by atoms with E-state index in [2.05, 4.69) is 6.07 Å². The number of aliphatic hydroxyl groups is 2. The van der Waals surface area contributed by atoms with Gasteiger partial charge in [-0.25, -0.2) is 0 Å². The zero-order chi connectivity index (χ0) is 14.3. The van der Waals surface area contributed by atoms with Crippen LogP contribution >= 0.6 is 0 Å². The number of hydrogen-bond donors (Lipinski definition) is 2. The standard InChI is InChI=1S/C16H22O3/c1-11-10-19-14-6-5-12(9-13(11)14)7-8-16(4,18)15(2,3)17/h5-6,9-10,17-18H,7-8H2,1-4H3. The van der Waals surface area contributed by atoms with E-state index in [1.807, 2.05) is 19.1 Å². The second-order valence-electron chi connectivity index (χ2n) is 6.08. The largest absolute Gasteiger partial charge is 0.464 e. The fourth-order valence-electron chi connectivity index (χ4n) is 2.05. The van der Waals surface area contributed by atoms with E-state index in [0.717, 1.165) is 28.5 Å². The van der Waals surface area contributed by atoms with Gasteiger partial charge in [-0.05, 0) is 63.8 Å². The van der Waals surface area contributed by atoms with E-state index in [4.69, 9.17) is 4.42 Å². The molecule has 0 radical (unpaired) electrons. The molecule has 104 valence electrons. The topological polar surface area (TPSA) is 53.6 Å². The molecular weight excluding hydrogens is 240 g/mol. The molecule has 2 N–H and O–H groups in total. The van der Waals surface area contributed by atoms with Crippen LogP contribution in [0.4, 0.5) is 0 Å². The molecule has 3 heteroatoms. The molecule has 0 saturated heterocycles. The van der Waals surface area contributed by atoms with E-state index in [0.29, 0.717) is 6.42 Å². The Kier molecular flexibility index (Phi) is 3.45. The first-order valence-electron chi connectivity index (χ1n) is 6.62. The van der Waals surface area contributed by atoms with Crippen LogP contribution in [0.1, 0.15) is 38.3 Å². The van der Waals surface area contributed by atoms with Crippen LogP contribution in [-0.4, -0.2) is 21.4 Å². The fourth-order valence-corrected chi connectivity index (χ4v) is 2.05. The van der Waals surface area contributed by atoms with Crippen LogP contribution in [0, 0.1) is 6.92 Å². The molecule has 1 heterocycles. The van der Waals surface area contributed by atoms with Gasteiger partial charge in [0.1, 0.15) is 5.58 Å². The Balaban J connectivity index is 2.16. The smallest absolute Gasteiger partial charge is 0.134 e. The summed E-state index contributed by atoms with van der Waals surface area (Å²) >= 11 is 0. The Morgan fingerprint density at radius 2 is 1.84 bits per heavy atom. The third-order valence-electron chi connectivity index (χ3n) is 4.05. The van der Waals surface area contributed by atoms with Crippen LogP contribution in [0.25, 0.3) is 11.0 Å². The van der Waals surface area contributed by atoms with Crippen LogP contribution in [0.5, 0.6) is 0 Å². The molecule has 0 bridgehead atoms. The highest BCUT2D eigenvalue weighted by molar-refractivity contribution is 5.81. The van der Waals surface area contributed by atoms with Crippen LogP contribution in [0.3, 0.4) is 0 Å². The van der Waals surface area contributed by atoms with Gasteiger partial charge in [0.2, 0.25) is 0 Å². The maximum Gasteiger partial charge on any atom is 0.134 e. The molecule has 3 nitrogen and oxygen atoms in total. The Bertz CT molecular complexity index is 573. The molecule has 1 aromatic carbocycles. The van der Waals surface area contributed by atoms with Crippen molar-refractivity contribution >= 4 is 11.0 Å². The van der Waals surface area contributed by atoms with E-state index in [1.54, 1.807) is 27.0 Å². The average molecular weight is 262 g/mol. The van der Waals surface area contributed by atoms with Gasteiger partial charge in [-0.15, -0.1) is 0 Å². The van der Waals surface area contributed by atoms with E-state index in [-0.39, 0.29) is 0 Å². The monoisotopic (exact) mass is 262 g/mol. The SMILES string of the molecule is Cc1coc2ccc(CCC(C)(O)C(C)(C)O)cc12. The lowest BCUT2D eigenvalue weighted by atomic mass is 9.83. The summed E-state index contributed by atoms with van der Waals surface area (Å²) in [6, 6.07) is 6.05. The molecule has 2 rings (SSSR count). The number of hydrogen-bond acceptors (Lipinski definition) is 3. The normalized spacial score (nSPS) is 15.7. The second kappa shape index (κ2) is 4.66. The highest BCUT2D eigenvalue weighted by Crippen LogP contribution is 2.28. The summed E-state index contributed by atoms with van der Waals surface area (Å²) in [6.45, 7) is 6.96. The van der Waals surface area contributed by atoms with Crippen LogP contribution in [0.15, 0.2) is 28.9 Å². The van der Waals surface area contributed by atoms with Crippen molar-refractivity contribution in [3.05, 3.63) is 35.6 Å². The molecule has 1 atom stereocenters. The Morgan fingerprint density at radius 3 is 2.47 bits per heavy atom. The summed E-state index contributed by atoms with van der Waals surface area (Å²) < 4.78 is 5.41. The summed E-state index contributed by atoms with van der Waals surface area (Å²) in [4.78, 5) is 0. The van der Waals surface area contributed by atoms with Gasteiger partial charge >= 0.3 is 0 Å². The van der Waals surface area contributed by atoms with E-state index in [9.17, 15) is 10.2 Å². The first-order chi connectivity index (χ1) is 8.71. The van der Waals surface area contributed by atoms with Gasteiger partial charge < -0.3 is 14.6 Å². The van der Waals surface area contributed by atoms with Crippen molar-refractivity contribution in [2.45, 2.75) is 51.7 Å². The molecule has 2 aromatic rings. The van der Waals surface area contributed by atoms with Crippen LogP contribution in [0.2, 0.25) is 0 Å². The predicted molar refractivity (Wildman–Crippen MR) is 76.2 cm³/mol. The fraction of sp³-hybridized carbons (Fsp3) is 0.500. The van der Waals surface area contributed by atoms with Gasteiger partial charge in [0.25, 0.3) is 0 Å². The molecule has 0 aliphatic carbocycles. The lowest BCUT2D eigenvalue weighted by molar-refractivity contribution is -0.123. The number of rotatable bonds is 4.